The zero-order valence-corrected chi connectivity index (χ0v) is 11.4. The van der Waals surface area contributed by atoms with Gasteiger partial charge in [-0.1, -0.05) is 17.7 Å². The van der Waals surface area contributed by atoms with Gasteiger partial charge in [-0.15, -0.1) is 0 Å². The van der Waals surface area contributed by atoms with E-state index in [1.165, 1.54) is 0 Å². The summed E-state index contributed by atoms with van der Waals surface area (Å²) >= 11 is 6.04. The van der Waals surface area contributed by atoms with Crippen molar-refractivity contribution < 1.29 is 9.90 Å². The van der Waals surface area contributed by atoms with Gasteiger partial charge in [0.25, 0.3) is 0 Å². The lowest BCUT2D eigenvalue weighted by atomic mass is 10.1. The lowest BCUT2D eigenvalue weighted by Gasteiger charge is -2.29. The highest BCUT2D eigenvalue weighted by atomic mass is 35.5. The number of nitrogens with two attached hydrogens (primary N) is 1. The molecule has 0 unspecified atom stereocenters. The number of likely N-dealkylation sites (tertiary alicyclic amines) is 1. The molecule has 2 rings (SSSR count). The molecule has 0 radical (unpaired) electrons. The summed E-state index contributed by atoms with van der Waals surface area (Å²) in [6.07, 6.45) is 0.988. The molecule has 1 aromatic carbocycles. The van der Waals surface area contributed by atoms with Gasteiger partial charge in [0.2, 0.25) is 0 Å². The number of amides is 2. The summed E-state index contributed by atoms with van der Waals surface area (Å²) in [7, 11) is 0. The number of aliphatic hydroxyl groups excluding tert-OH is 1. The minimum absolute atomic E-state index is 0.125. The van der Waals surface area contributed by atoms with Crippen molar-refractivity contribution in [1.82, 2.24) is 10.2 Å². The lowest BCUT2D eigenvalue weighted by Crippen LogP contribution is -2.45. The highest BCUT2D eigenvalue weighted by Gasteiger charge is 2.20. The number of aliphatic hydroxyl groups is 1. The van der Waals surface area contributed by atoms with Crippen LogP contribution in [0.3, 0.4) is 0 Å². The molecule has 0 aromatic heterocycles. The van der Waals surface area contributed by atoms with Crippen LogP contribution in [-0.4, -0.2) is 35.2 Å². The van der Waals surface area contributed by atoms with E-state index in [1.807, 2.05) is 0 Å². The van der Waals surface area contributed by atoms with E-state index in [-0.39, 0.29) is 12.1 Å². The molecule has 19 heavy (non-hydrogen) atoms. The highest BCUT2D eigenvalue weighted by molar-refractivity contribution is 6.31. The Bertz CT molecular complexity index is 459. The molecule has 1 aliphatic heterocycles. The molecular weight excluding hydrogens is 266 g/mol. The maximum Gasteiger partial charge on any atom is 0.317 e. The minimum atomic E-state index is -0.282. The largest absolute Gasteiger partial charge is 0.399 e. The first-order valence-corrected chi connectivity index (χ1v) is 6.69. The quantitative estimate of drug-likeness (QED) is 0.721. The number of benzene rings is 1. The van der Waals surface area contributed by atoms with Crippen LogP contribution in [0.5, 0.6) is 0 Å². The van der Waals surface area contributed by atoms with Crippen LogP contribution < -0.4 is 11.1 Å². The second-order valence-corrected chi connectivity index (χ2v) is 5.13. The van der Waals surface area contributed by atoms with Crippen molar-refractivity contribution in [2.75, 3.05) is 18.8 Å². The molecule has 1 aromatic rings. The Morgan fingerprint density at radius 2 is 2.16 bits per heavy atom. The van der Waals surface area contributed by atoms with Crippen molar-refractivity contribution in [3.05, 3.63) is 28.8 Å². The van der Waals surface area contributed by atoms with Gasteiger partial charge in [0.15, 0.2) is 0 Å². The molecule has 0 bridgehead atoms. The van der Waals surface area contributed by atoms with Crippen molar-refractivity contribution in [2.45, 2.75) is 25.5 Å². The Morgan fingerprint density at radius 3 is 2.79 bits per heavy atom. The van der Waals surface area contributed by atoms with Crippen molar-refractivity contribution in [2.24, 2.45) is 0 Å². The van der Waals surface area contributed by atoms with E-state index in [1.54, 1.807) is 23.1 Å². The third kappa shape index (κ3) is 3.75. The van der Waals surface area contributed by atoms with Gasteiger partial charge >= 0.3 is 6.03 Å². The predicted octanol–water partition coefficient (Wildman–Crippen LogP) is 1.59. The number of urea groups is 1. The zero-order valence-electron chi connectivity index (χ0n) is 10.6. The number of piperidine rings is 1. The van der Waals surface area contributed by atoms with Crippen LogP contribution in [0, 0.1) is 0 Å². The smallest absolute Gasteiger partial charge is 0.317 e. The van der Waals surface area contributed by atoms with Crippen molar-refractivity contribution >= 4 is 23.3 Å². The zero-order chi connectivity index (χ0) is 13.8. The Balaban J connectivity index is 1.86. The third-order valence-electron chi connectivity index (χ3n) is 3.26. The summed E-state index contributed by atoms with van der Waals surface area (Å²) in [4.78, 5) is 13.6. The van der Waals surface area contributed by atoms with Crippen LogP contribution >= 0.6 is 11.6 Å². The van der Waals surface area contributed by atoms with E-state index in [2.05, 4.69) is 5.32 Å². The standard InChI is InChI=1S/C13H18ClN3O2/c14-12-7-10(15)2-1-9(12)8-16-13(19)17-5-3-11(18)4-6-17/h1-2,7,11,18H,3-6,8,15H2,(H,16,19). The van der Waals surface area contributed by atoms with E-state index in [9.17, 15) is 9.90 Å². The highest BCUT2D eigenvalue weighted by Crippen LogP contribution is 2.19. The number of rotatable bonds is 2. The van der Waals surface area contributed by atoms with Crippen LogP contribution in [-0.2, 0) is 6.54 Å². The van der Waals surface area contributed by atoms with Gasteiger partial charge in [0.1, 0.15) is 0 Å². The Morgan fingerprint density at radius 1 is 1.47 bits per heavy atom. The Kier molecular flexibility index (Phi) is 4.50. The van der Waals surface area contributed by atoms with E-state index >= 15 is 0 Å². The van der Waals surface area contributed by atoms with Crippen LogP contribution in [0.25, 0.3) is 0 Å². The monoisotopic (exact) mass is 283 g/mol. The molecule has 5 nitrogen and oxygen atoms in total. The van der Waals surface area contributed by atoms with Crippen molar-refractivity contribution in [3.63, 3.8) is 0 Å². The summed E-state index contributed by atoms with van der Waals surface area (Å²) in [6.45, 7) is 1.54. The molecule has 1 heterocycles. The molecule has 6 heteroatoms. The van der Waals surface area contributed by atoms with E-state index in [0.29, 0.717) is 43.2 Å². The van der Waals surface area contributed by atoms with Gasteiger partial charge in [0, 0.05) is 30.3 Å². The first-order valence-electron chi connectivity index (χ1n) is 6.31. The Hall–Kier alpha value is -1.46. The second-order valence-electron chi connectivity index (χ2n) is 4.73. The van der Waals surface area contributed by atoms with Crippen molar-refractivity contribution in [1.29, 1.82) is 0 Å². The number of halogens is 1. The lowest BCUT2D eigenvalue weighted by molar-refractivity contribution is 0.0936. The molecular formula is C13H18ClN3O2. The SMILES string of the molecule is Nc1ccc(CNC(=O)N2CCC(O)CC2)c(Cl)c1. The molecule has 1 fully saturated rings. The average molecular weight is 284 g/mol. The minimum Gasteiger partial charge on any atom is -0.399 e. The Labute approximate surface area is 117 Å². The maximum absolute atomic E-state index is 11.9. The number of nitrogens with one attached hydrogen (secondary N) is 1. The van der Waals surface area contributed by atoms with Gasteiger partial charge in [0.05, 0.1) is 6.10 Å². The molecule has 1 aliphatic rings. The fraction of sp³-hybridized carbons (Fsp3) is 0.462. The topological polar surface area (TPSA) is 78.6 Å². The molecule has 104 valence electrons. The fourth-order valence-electron chi connectivity index (χ4n) is 2.06. The van der Waals surface area contributed by atoms with Gasteiger partial charge in [-0.25, -0.2) is 4.79 Å². The normalized spacial score (nSPS) is 16.4. The number of anilines is 1. The number of carbonyl (C=O) groups is 1. The number of nitrogens with zero attached hydrogens (tertiary/aromatic N) is 1. The van der Waals surface area contributed by atoms with E-state index < -0.39 is 0 Å². The average Bonchev–Trinajstić information content (AvgIpc) is 2.38. The van der Waals surface area contributed by atoms with Gasteiger partial charge in [-0.3, -0.25) is 0 Å². The molecule has 0 saturated carbocycles. The number of carbonyl (C=O) groups excluding carboxylic acids is 1. The number of hydrogen-bond acceptors (Lipinski definition) is 3. The third-order valence-corrected chi connectivity index (χ3v) is 3.61. The van der Waals surface area contributed by atoms with Gasteiger partial charge in [-0.2, -0.15) is 0 Å². The first kappa shape index (κ1) is 14.0. The molecule has 2 amide bonds. The van der Waals surface area contributed by atoms with Crippen LogP contribution in [0.2, 0.25) is 5.02 Å². The summed E-state index contributed by atoms with van der Waals surface area (Å²) in [5.74, 6) is 0. The predicted molar refractivity (Wildman–Crippen MR) is 74.9 cm³/mol. The first-order chi connectivity index (χ1) is 9.06. The number of nitrogen functional groups attached to an aromatic ring is 1. The van der Waals surface area contributed by atoms with Crippen LogP contribution in [0.4, 0.5) is 10.5 Å². The maximum atomic E-state index is 11.9. The van der Waals surface area contributed by atoms with Crippen LogP contribution in [0.1, 0.15) is 18.4 Å². The van der Waals surface area contributed by atoms with E-state index in [4.69, 9.17) is 17.3 Å². The molecule has 0 spiro atoms. The molecule has 0 atom stereocenters. The van der Waals surface area contributed by atoms with Crippen molar-refractivity contribution in [3.8, 4) is 0 Å². The molecule has 1 saturated heterocycles. The van der Waals surface area contributed by atoms with Crippen LogP contribution in [0.15, 0.2) is 18.2 Å². The summed E-state index contributed by atoms with van der Waals surface area (Å²) in [5.41, 5.74) is 7.05. The number of hydrogen-bond donors (Lipinski definition) is 3. The summed E-state index contributed by atoms with van der Waals surface area (Å²) in [5, 5.41) is 12.8. The molecule has 4 N–H and O–H groups in total. The fourth-order valence-corrected chi connectivity index (χ4v) is 2.31. The van der Waals surface area contributed by atoms with Gasteiger partial charge in [-0.05, 0) is 30.5 Å². The van der Waals surface area contributed by atoms with Gasteiger partial charge < -0.3 is 21.1 Å². The molecule has 0 aliphatic carbocycles. The summed E-state index contributed by atoms with van der Waals surface area (Å²) in [6, 6.07) is 5.10. The summed E-state index contributed by atoms with van der Waals surface area (Å²) < 4.78 is 0. The van der Waals surface area contributed by atoms with E-state index in [0.717, 1.165) is 5.56 Å². The second kappa shape index (κ2) is 6.12.